The van der Waals surface area contributed by atoms with E-state index < -0.39 is 0 Å². The fourth-order valence-electron chi connectivity index (χ4n) is 1.97. The molecule has 0 aliphatic rings. The van der Waals surface area contributed by atoms with E-state index in [9.17, 15) is 4.79 Å². The first-order chi connectivity index (χ1) is 9.69. The van der Waals surface area contributed by atoms with E-state index >= 15 is 0 Å². The smallest absolute Gasteiger partial charge is 0.261 e. The molecule has 0 unspecified atom stereocenters. The molecule has 0 aliphatic carbocycles. The van der Waals surface area contributed by atoms with Crippen molar-refractivity contribution in [2.24, 2.45) is 0 Å². The van der Waals surface area contributed by atoms with Crippen LogP contribution in [0.25, 0.3) is 0 Å². The maximum atomic E-state index is 12.5. The monoisotopic (exact) mass is 266 g/mol. The van der Waals surface area contributed by atoms with Crippen LogP contribution >= 0.6 is 0 Å². The molecule has 0 fully saturated rings. The third-order valence-corrected chi connectivity index (χ3v) is 3.03. The minimum Gasteiger partial charge on any atom is -0.496 e. The standard InChI is InChI=1S/C16H14N2O2/c1-18(14-9-5-3-7-12(14)11-17)16(19)13-8-4-6-10-15(13)20-2/h3-10H,1-2H3. The molecule has 20 heavy (non-hydrogen) atoms. The van der Waals surface area contributed by atoms with Gasteiger partial charge in [-0.3, -0.25) is 4.79 Å². The number of carbonyl (C=O) groups excluding carboxylic acids is 1. The molecule has 4 heteroatoms. The van der Waals surface area contributed by atoms with Crippen LogP contribution in [-0.2, 0) is 0 Å². The third kappa shape index (κ3) is 2.47. The molecule has 2 aromatic rings. The second-order valence-corrected chi connectivity index (χ2v) is 4.19. The minimum absolute atomic E-state index is 0.217. The van der Waals surface area contributed by atoms with Gasteiger partial charge in [-0.2, -0.15) is 5.26 Å². The van der Waals surface area contributed by atoms with Gasteiger partial charge in [-0.05, 0) is 24.3 Å². The average Bonchev–Trinajstić information content (AvgIpc) is 2.53. The summed E-state index contributed by atoms with van der Waals surface area (Å²) in [6, 6.07) is 16.1. The molecule has 0 spiro atoms. The normalized spacial score (nSPS) is 9.65. The molecular formula is C16H14N2O2. The van der Waals surface area contributed by atoms with Crippen LogP contribution in [-0.4, -0.2) is 20.1 Å². The van der Waals surface area contributed by atoms with Crippen LogP contribution < -0.4 is 9.64 Å². The summed E-state index contributed by atoms with van der Waals surface area (Å²) in [7, 11) is 3.17. The predicted octanol–water partition coefficient (Wildman–Crippen LogP) is 2.84. The number of ether oxygens (including phenoxy) is 1. The van der Waals surface area contributed by atoms with Gasteiger partial charge in [0.25, 0.3) is 5.91 Å². The van der Waals surface area contributed by atoms with Gasteiger partial charge in [-0.1, -0.05) is 24.3 Å². The van der Waals surface area contributed by atoms with Gasteiger partial charge < -0.3 is 9.64 Å². The van der Waals surface area contributed by atoms with Crippen molar-refractivity contribution in [3.05, 3.63) is 59.7 Å². The SMILES string of the molecule is COc1ccccc1C(=O)N(C)c1ccccc1C#N. The fraction of sp³-hybridized carbons (Fsp3) is 0.125. The Kier molecular flexibility index (Phi) is 4.02. The Balaban J connectivity index is 2.41. The van der Waals surface area contributed by atoms with Crippen LogP contribution in [0.5, 0.6) is 5.75 Å². The van der Waals surface area contributed by atoms with Crippen molar-refractivity contribution in [2.45, 2.75) is 0 Å². The predicted molar refractivity (Wildman–Crippen MR) is 76.9 cm³/mol. The summed E-state index contributed by atoms with van der Waals surface area (Å²) in [6.07, 6.45) is 0. The number of nitrogens with zero attached hydrogens (tertiary/aromatic N) is 2. The number of amides is 1. The second kappa shape index (κ2) is 5.89. The Morgan fingerprint density at radius 2 is 1.80 bits per heavy atom. The Labute approximate surface area is 117 Å². The number of benzene rings is 2. The Morgan fingerprint density at radius 3 is 2.50 bits per heavy atom. The zero-order valence-corrected chi connectivity index (χ0v) is 11.3. The van der Waals surface area contributed by atoms with E-state index in [0.717, 1.165) is 0 Å². The lowest BCUT2D eigenvalue weighted by Crippen LogP contribution is -2.27. The van der Waals surface area contributed by atoms with E-state index in [-0.39, 0.29) is 5.91 Å². The molecule has 100 valence electrons. The van der Waals surface area contributed by atoms with Gasteiger partial charge in [0, 0.05) is 7.05 Å². The molecule has 0 heterocycles. The molecule has 0 aliphatic heterocycles. The third-order valence-electron chi connectivity index (χ3n) is 3.03. The first-order valence-electron chi connectivity index (χ1n) is 6.09. The van der Waals surface area contributed by atoms with Crippen molar-refractivity contribution in [2.75, 3.05) is 19.1 Å². The molecule has 0 N–H and O–H groups in total. The van der Waals surface area contributed by atoms with Gasteiger partial charge in [0.2, 0.25) is 0 Å². The van der Waals surface area contributed by atoms with E-state index in [1.165, 1.54) is 12.0 Å². The highest BCUT2D eigenvalue weighted by Gasteiger charge is 2.19. The highest BCUT2D eigenvalue weighted by molar-refractivity contribution is 6.08. The summed E-state index contributed by atoms with van der Waals surface area (Å²) in [4.78, 5) is 14.0. The van der Waals surface area contributed by atoms with Gasteiger partial charge >= 0.3 is 0 Å². The summed E-state index contributed by atoms with van der Waals surface area (Å²) >= 11 is 0. The van der Waals surface area contributed by atoms with E-state index in [4.69, 9.17) is 10.00 Å². The lowest BCUT2D eigenvalue weighted by molar-refractivity contribution is 0.0990. The number of methoxy groups -OCH3 is 1. The van der Waals surface area contributed by atoms with Crippen molar-refractivity contribution < 1.29 is 9.53 Å². The van der Waals surface area contributed by atoms with Gasteiger partial charge in [0.1, 0.15) is 11.8 Å². The maximum absolute atomic E-state index is 12.5. The van der Waals surface area contributed by atoms with Gasteiger partial charge in [-0.25, -0.2) is 0 Å². The zero-order valence-electron chi connectivity index (χ0n) is 11.3. The summed E-state index contributed by atoms with van der Waals surface area (Å²) in [5.41, 5.74) is 1.49. The van der Waals surface area contributed by atoms with Gasteiger partial charge in [0.15, 0.2) is 0 Å². The van der Waals surface area contributed by atoms with Crippen molar-refractivity contribution in [3.63, 3.8) is 0 Å². The number of anilines is 1. The molecule has 2 rings (SSSR count). The topological polar surface area (TPSA) is 53.3 Å². The fourth-order valence-corrected chi connectivity index (χ4v) is 1.97. The highest BCUT2D eigenvalue weighted by Crippen LogP contribution is 2.24. The molecule has 0 radical (unpaired) electrons. The van der Waals surface area contributed by atoms with Gasteiger partial charge in [0.05, 0.1) is 23.9 Å². The van der Waals surface area contributed by atoms with Crippen molar-refractivity contribution >= 4 is 11.6 Å². The molecule has 0 aromatic heterocycles. The van der Waals surface area contributed by atoms with Crippen molar-refractivity contribution in [3.8, 4) is 11.8 Å². The van der Waals surface area contributed by atoms with Crippen molar-refractivity contribution in [1.29, 1.82) is 5.26 Å². The molecule has 0 bridgehead atoms. The summed E-state index contributed by atoms with van der Waals surface area (Å²) < 4.78 is 5.20. The van der Waals surface area contributed by atoms with E-state index in [0.29, 0.717) is 22.6 Å². The van der Waals surface area contributed by atoms with Crippen LogP contribution in [0.2, 0.25) is 0 Å². The van der Waals surface area contributed by atoms with E-state index in [2.05, 4.69) is 6.07 Å². The van der Waals surface area contributed by atoms with Crippen molar-refractivity contribution in [1.82, 2.24) is 0 Å². The Morgan fingerprint density at radius 1 is 1.15 bits per heavy atom. The largest absolute Gasteiger partial charge is 0.496 e. The van der Waals surface area contributed by atoms with E-state index in [1.807, 2.05) is 0 Å². The minimum atomic E-state index is -0.217. The average molecular weight is 266 g/mol. The van der Waals surface area contributed by atoms with E-state index in [1.54, 1.807) is 55.6 Å². The molecule has 0 saturated carbocycles. The summed E-state index contributed by atoms with van der Waals surface area (Å²) in [5, 5.41) is 9.11. The summed E-state index contributed by atoms with van der Waals surface area (Å²) in [5.74, 6) is 0.295. The lowest BCUT2D eigenvalue weighted by Gasteiger charge is -2.19. The number of hydrogen-bond donors (Lipinski definition) is 0. The molecular weight excluding hydrogens is 252 g/mol. The molecule has 0 saturated heterocycles. The molecule has 0 atom stereocenters. The van der Waals surface area contributed by atoms with Crippen LogP contribution in [0.4, 0.5) is 5.69 Å². The maximum Gasteiger partial charge on any atom is 0.261 e. The Bertz CT molecular complexity index is 674. The first kappa shape index (κ1) is 13.6. The number of carbonyl (C=O) groups is 1. The van der Waals surface area contributed by atoms with Crippen LogP contribution in [0, 0.1) is 11.3 Å². The van der Waals surface area contributed by atoms with Crippen LogP contribution in [0.1, 0.15) is 15.9 Å². The zero-order chi connectivity index (χ0) is 14.5. The number of hydrogen-bond acceptors (Lipinski definition) is 3. The number of nitriles is 1. The lowest BCUT2D eigenvalue weighted by atomic mass is 10.1. The quantitative estimate of drug-likeness (QED) is 0.858. The molecule has 4 nitrogen and oxygen atoms in total. The second-order valence-electron chi connectivity index (χ2n) is 4.19. The molecule has 1 amide bonds. The Hall–Kier alpha value is -2.80. The first-order valence-corrected chi connectivity index (χ1v) is 6.09. The number of para-hydroxylation sites is 2. The summed E-state index contributed by atoms with van der Waals surface area (Å²) in [6.45, 7) is 0. The van der Waals surface area contributed by atoms with Crippen LogP contribution in [0.3, 0.4) is 0 Å². The van der Waals surface area contributed by atoms with Gasteiger partial charge in [-0.15, -0.1) is 0 Å². The number of rotatable bonds is 3. The molecule has 2 aromatic carbocycles. The van der Waals surface area contributed by atoms with Crippen LogP contribution in [0.15, 0.2) is 48.5 Å². The highest BCUT2D eigenvalue weighted by atomic mass is 16.5.